The third-order valence-corrected chi connectivity index (χ3v) is 9.75. The molecule has 8 nitrogen and oxygen atoms in total. The van der Waals surface area contributed by atoms with Crippen LogP contribution in [0.4, 0.5) is 0 Å². The van der Waals surface area contributed by atoms with Crippen LogP contribution in [0.2, 0.25) is 0 Å². The number of hydrogen-bond acceptors (Lipinski definition) is 10. The molecule has 0 aromatic rings. The largest absolute Gasteiger partial charge is 0.394 e. The summed E-state index contributed by atoms with van der Waals surface area (Å²) in [5, 5.41) is 8.74. The molecule has 0 heterocycles. The average Bonchev–Trinajstić information content (AvgIpc) is 2.82. The van der Waals surface area contributed by atoms with Crippen LogP contribution in [0.5, 0.6) is 0 Å². The van der Waals surface area contributed by atoms with Gasteiger partial charge in [-0.05, 0) is 55.4 Å². The van der Waals surface area contributed by atoms with E-state index in [1.807, 2.05) is 13.8 Å². The molecule has 0 radical (unpaired) electrons. The summed E-state index contributed by atoms with van der Waals surface area (Å²) in [5.74, 6) is 1.41. The summed E-state index contributed by atoms with van der Waals surface area (Å²) in [7, 11) is -0.855. The molecule has 0 unspecified atom stereocenters. The molecule has 0 aromatic heterocycles. The van der Waals surface area contributed by atoms with Crippen molar-refractivity contribution in [3.63, 3.8) is 0 Å². The summed E-state index contributed by atoms with van der Waals surface area (Å²) in [4.78, 5) is 22.0. The van der Waals surface area contributed by atoms with Crippen LogP contribution in [-0.2, 0) is 23.6 Å². The minimum atomic E-state index is -0.855. The van der Waals surface area contributed by atoms with E-state index >= 15 is 0 Å². The Bertz CT molecular complexity index is 536. The first-order valence-electron chi connectivity index (χ1n) is 13.5. The van der Waals surface area contributed by atoms with E-state index in [0.717, 1.165) is 5.75 Å². The minimum Gasteiger partial charge on any atom is -0.394 e. The van der Waals surface area contributed by atoms with Gasteiger partial charge in [-0.3, -0.25) is 9.59 Å². The highest BCUT2D eigenvalue weighted by Gasteiger charge is 2.34. The Balaban J connectivity index is -0.000000859. The molecule has 0 bridgehead atoms. The summed E-state index contributed by atoms with van der Waals surface area (Å²) >= 11 is 2.63. The zero-order valence-electron chi connectivity index (χ0n) is 25.0. The van der Waals surface area contributed by atoms with Gasteiger partial charge in [0.2, 0.25) is 0 Å². The highest BCUT2D eigenvalue weighted by molar-refractivity contribution is 8.13. The van der Waals surface area contributed by atoms with Gasteiger partial charge in [0.05, 0.1) is 39.6 Å². The van der Waals surface area contributed by atoms with Crippen molar-refractivity contribution >= 4 is 42.2 Å². The molecule has 0 saturated heterocycles. The fraction of sp³-hybridized carbons (Fsp3) is 0.926. The van der Waals surface area contributed by atoms with Crippen molar-refractivity contribution in [2.75, 3.05) is 51.1 Å². The standard InChI is InChI=1S/C19H41N2O3PS.C7H14O3S.CH4/c1-10-19(22)26-14-13-23-11-12-24-25(20(15(2)3)16(4)5)21(17(6)7)18(8)9;1-2-7(9)11-6-5-10-4-3-8;/h15-18H,10-14H2,1-9H3;8H,2-6H2,1H3;1H4. The first-order chi connectivity index (χ1) is 17.4. The van der Waals surface area contributed by atoms with Gasteiger partial charge in [0.15, 0.2) is 18.7 Å². The van der Waals surface area contributed by atoms with Crippen LogP contribution in [0.1, 0.15) is 89.5 Å². The summed E-state index contributed by atoms with van der Waals surface area (Å²) in [6, 6.07) is 1.66. The van der Waals surface area contributed by atoms with E-state index in [1.54, 1.807) is 0 Å². The molecule has 0 spiro atoms. The molecule has 0 aliphatic rings. The summed E-state index contributed by atoms with van der Waals surface area (Å²) in [5.41, 5.74) is 0. The van der Waals surface area contributed by atoms with Crippen molar-refractivity contribution in [2.24, 2.45) is 0 Å². The Labute approximate surface area is 244 Å². The lowest BCUT2D eigenvalue weighted by Crippen LogP contribution is -2.43. The molecule has 0 aromatic carbocycles. The highest BCUT2D eigenvalue weighted by atomic mass is 32.2. The molecule has 1 N–H and O–H groups in total. The molecule has 0 aliphatic heterocycles. The van der Waals surface area contributed by atoms with Gasteiger partial charge in [-0.1, -0.05) is 44.8 Å². The topological polar surface area (TPSA) is 88.5 Å². The molecule has 0 fully saturated rings. The van der Waals surface area contributed by atoms with E-state index in [0.29, 0.717) is 75.8 Å². The number of aliphatic hydroxyl groups is 1. The normalized spacial score (nSPS) is 11.6. The predicted octanol–water partition coefficient (Wildman–Crippen LogP) is 6.46. The van der Waals surface area contributed by atoms with Crippen LogP contribution in [0.3, 0.4) is 0 Å². The van der Waals surface area contributed by atoms with E-state index in [9.17, 15) is 9.59 Å². The molecule has 0 aliphatic carbocycles. The number of ether oxygens (including phenoxy) is 2. The van der Waals surface area contributed by atoms with Crippen molar-refractivity contribution in [3.05, 3.63) is 0 Å². The van der Waals surface area contributed by atoms with Gasteiger partial charge in [-0.15, -0.1) is 0 Å². The first-order valence-corrected chi connectivity index (χ1v) is 16.6. The number of rotatable bonds is 20. The summed E-state index contributed by atoms with van der Waals surface area (Å²) in [6.45, 7) is 24.3. The lowest BCUT2D eigenvalue weighted by Gasteiger charge is -2.45. The lowest BCUT2D eigenvalue weighted by atomic mass is 10.3. The summed E-state index contributed by atoms with van der Waals surface area (Å²) < 4.78 is 21.9. The number of aliphatic hydroxyl groups excluding tert-OH is 1. The summed E-state index contributed by atoms with van der Waals surface area (Å²) in [6.07, 6.45) is 1.16. The van der Waals surface area contributed by atoms with E-state index in [2.05, 4.69) is 64.7 Å². The molecule has 11 heteroatoms. The van der Waals surface area contributed by atoms with Gasteiger partial charge in [0.25, 0.3) is 0 Å². The second kappa shape index (κ2) is 27.4. The van der Waals surface area contributed by atoms with E-state index < -0.39 is 8.45 Å². The van der Waals surface area contributed by atoms with Gasteiger partial charge in [-0.25, -0.2) is 9.34 Å². The molecule has 230 valence electrons. The maximum atomic E-state index is 11.3. The van der Waals surface area contributed by atoms with Crippen LogP contribution in [-0.4, -0.2) is 100.0 Å². The van der Waals surface area contributed by atoms with Crippen LogP contribution in [0.25, 0.3) is 0 Å². The molecular formula is C27H59N2O6PS2. The fourth-order valence-corrected chi connectivity index (χ4v) is 6.90. The fourth-order valence-electron chi connectivity index (χ4n) is 3.31. The predicted molar refractivity (Wildman–Crippen MR) is 168 cm³/mol. The van der Waals surface area contributed by atoms with Gasteiger partial charge in [-0.2, -0.15) is 0 Å². The van der Waals surface area contributed by atoms with Crippen LogP contribution < -0.4 is 0 Å². The lowest BCUT2D eigenvalue weighted by molar-refractivity contribution is -0.111. The Kier molecular flexibility index (Phi) is 30.8. The second-order valence-corrected chi connectivity index (χ2v) is 13.3. The van der Waals surface area contributed by atoms with Gasteiger partial charge in [0, 0.05) is 48.5 Å². The van der Waals surface area contributed by atoms with Crippen molar-refractivity contribution in [1.29, 1.82) is 0 Å². The Morgan fingerprint density at radius 1 is 0.684 bits per heavy atom. The number of carbonyl (C=O) groups excluding carboxylic acids is 2. The Morgan fingerprint density at radius 3 is 1.37 bits per heavy atom. The van der Waals surface area contributed by atoms with Gasteiger partial charge < -0.3 is 19.1 Å². The van der Waals surface area contributed by atoms with Crippen molar-refractivity contribution in [3.8, 4) is 0 Å². The maximum Gasteiger partial charge on any atom is 0.189 e. The molecule has 0 saturated carbocycles. The molecule has 0 amide bonds. The molecule has 0 atom stereocenters. The molecule has 0 rings (SSSR count). The highest BCUT2D eigenvalue weighted by Crippen LogP contribution is 2.50. The van der Waals surface area contributed by atoms with Crippen LogP contribution in [0.15, 0.2) is 0 Å². The van der Waals surface area contributed by atoms with Crippen molar-refractivity contribution < 1.29 is 28.7 Å². The van der Waals surface area contributed by atoms with Crippen molar-refractivity contribution in [1.82, 2.24) is 9.34 Å². The zero-order chi connectivity index (χ0) is 28.8. The second-order valence-electron chi connectivity index (χ2n) is 9.32. The van der Waals surface area contributed by atoms with E-state index in [4.69, 9.17) is 19.1 Å². The zero-order valence-corrected chi connectivity index (χ0v) is 27.6. The Morgan fingerprint density at radius 2 is 1.05 bits per heavy atom. The Hall–Kier alpha value is 0.230. The van der Waals surface area contributed by atoms with Crippen molar-refractivity contribution in [2.45, 2.75) is 114 Å². The third kappa shape index (κ3) is 22.0. The number of nitrogens with zero attached hydrogens (tertiary/aromatic N) is 2. The molecular weight excluding hydrogens is 543 g/mol. The van der Waals surface area contributed by atoms with E-state index in [1.165, 1.54) is 23.5 Å². The van der Waals surface area contributed by atoms with Crippen LogP contribution >= 0.6 is 32.0 Å². The monoisotopic (exact) mass is 602 g/mol. The van der Waals surface area contributed by atoms with Gasteiger partial charge >= 0.3 is 0 Å². The first kappa shape index (κ1) is 42.7. The SMILES string of the molecule is C.CCC(=O)SCCOCCO.CCC(=O)SCCOCCOP(N(C(C)C)C(C)C)N(C(C)C)C(C)C. The average molecular weight is 603 g/mol. The maximum absolute atomic E-state index is 11.3. The molecule has 38 heavy (non-hydrogen) atoms. The number of thioether (sulfide) groups is 2. The quantitative estimate of drug-likeness (QED) is 0.124. The van der Waals surface area contributed by atoms with Crippen LogP contribution in [0, 0.1) is 0 Å². The minimum absolute atomic E-state index is 0. The van der Waals surface area contributed by atoms with E-state index in [-0.39, 0.29) is 24.3 Å². The smallest absolute Gasteiger partial charge is 0.189 e. The van der Waals surface area contributed by atoms with Gasteiger partial charge in [0.1, 0.15) is 0 Å². The number of carbonyl (C=O) groups is 2. The third-order valence-electron chi connectivity index (χ3n) is 4.74. The number of hydrogen-bond donors (Lipinski definition) is 1.